The fraction of sp³-hybridized carbons (Fsp3) is 0.750. The van der Waals surface area contributed by atoms with Gasteiger partial charge in [-0.25, -0.2) is 13.1 Å². The van der Waals surface area contributed by atoms with E-state index in [2.05, 4.69) is 14.9 Å². The number of nitrogens with two attached hydrogens (primary N) is 1. The smallest absolute Gasteiger partial charge is 0.257 e. The number of nitrogens with one attached hydrogen (secondary N) is 2. The summed E-state index contributed by atoms with van der Waals surface area (Å²) in [4.78, 5) is 0. The molecule has 1 heterocycles. The zero-order valence-electron chi connectivity index (χ0n) is 11.1. The van der Waals surface area contributed by atoms with E-state index in [1.165, 1.54) is 38.3 Å². The highest BCUT2D eigenvalue weighted by molar-refractivity contribution is 7.89. The molecule has 2 rings (SSSR count). The molecule has 6 nitrogen and oxygen atoms in total. The Labute approximate surface area is 114 Å². The zero-order valence-corrected chi connectivity index (χ0v) is 11.9. The van der Waals surface area contributed by atoms with E-state index >= 15 is 0 Å². The molecule has 1 aromatic heterocycles. The number of hydrogen-bond donors (Lipinski definition) is 3. The van der Waals surface area contributed by atoms with E-state index in [4.69, 9.17) is 5.73 Å². The van der Waals surface area contributed by atoms with Crippen molar-refractivity contribution >= 4 is 10.0 Å². The van der Waals surface area contributed by atoms with Crippen LogP contribution in [0.25, 0.3) is 0 Å². The molecule has 19 heavy (non-hydrogen) atoms. The molecule has 4 N–H and O–H groups in total. The van der Waals surface area contributed by atoms with Crippen LogP contribution in [-0.4, -0.2) is 25.2 Å². The van der Waals surface area contributed by atoms with Crippen molar-refractivity contribution < 1.29 is 8.42 Å². The zero-order chi connectivity index (χ0) is 13.7. The first kappa shape index (κ1) is 14.5. The molecular weight excluding hydrogens is 264 g/mol. The van der Waals surface area contributed by atoms with E-state index in [1.807, 2.05) is 0 Å². The van der Waals surface area contributed by atoms with Crippen LogP contribution in [0.15, 0.2) is 11.2 Å². The molecule has 1 fully saturated rings. The molecule has 0 saturated heterocycles. The molecule has 0 spiro atoms. The van der Waals surface area contributed by atoms with Gasteiger partial charge in [-0.3, -0.25) is 5.10 Å². The molecule has 0 aromatic carbocycles. The number of aromatic nitrogens is 2. The maximum Gasteiger partial charge on any atom is 0.257 e. The maximum absolute atomic E-state index is 12.1. The molecule has 7 heteroatoms. The van der Waals surface area contributed by atoms with Gasteiger partial charge in [0.25, 0.3) is 10.0 Å². The first-order chi connectivity index (χ1) is 9.13. The monoisotopic (exact) mass is 286 g/mol. The van der Waals surface area contributed by atoms with Crippen molar-refractivity contribution in [2.24, 2.45) is 11.7 Å². The van der Waals surface area contributed by atoms with E-state index in [0.717, 1.165) is 6.42 Å². The van der Waals surface area contributed by atoms with Crippen LogP contribution in [0.1, 0.15) is 44.1 Å². The van der Waals surface area contributed by atoms with Gasteiger partial charge in [0.05, 0.1) is 6.20 Å². The summed E-state index contributed by atoms with van der Waals surface area (Å²) in [5.41, 5.74) is 6.00. The quantitative estimate of drug-likeness (QED) is 0.729. The van der Waals surface area contributed by atoms with Gasteiger partial charge < -0.3 is 5.73 Å². The SMILES string of the molecule is NCc1cn[nH]c1S(=O)(=O)NCCC1CCCCC1. The van der Waals surface area contributed by atoms with Crippen LogP contribution >= 0.6 is 0 Å². The van der Waals surface area contributed by atoms with Gasteiger partial charge in [-0.05, 0) is 12.3 Å². The second-order valence-corrected chi connectivity index (χ2v) is 6.82. The molecular formula is C12H22N4O2S. The van der Waals surface area contributed by atoms with Gasteiger partial charge in [0.2, 0.25) is 0 Å². The highest BCUT2D eigenvalue weighted by atomic mass is 32.2. The van der Waals surface area contributed by atoms with Crippen molar-refractivity contribution in [3.05, 3.63) is 11.8 Å². The van der Waals surface area contributed by atoms with Crippen LogP contribution in [0, 0.1) is 5.92 Å². The summed E-state index contributed by atoms with van der Waals surface area (Å²) < 4.78 is 26.8. The minimum absolute atomic E-state index is 0.0960. The lowest BCUT2D eigenvalue weighted by molar-refractivity contribution is 0.339. The fourth-order valence-electron chi connectivity index (χ4n) is 2.62. The molecule has 1 aliphatic carbocycles. The summed E-state index contributed by atoms with van der Waals surface area (Å²) in [6, 6.07) is 0. The number of nitrogens with zero attached hydrogens (tertiary/aromatic N) is 1. The second kappa shape index (κ2) is 6.49. The summed E-state index contributed by atoms with van der Waals surface area (Å²) >= 11 is 0. The Bertz CT molecular complexity index is 492. The summed E-state index contributed by atoms with van der Waals surface area (Å²) in [6.45, 7) is 0.644. The Morgan fingerprint density at radius 3 is 2.79 bits per heavy atom. The number of sulfonamides is 1. The van der Waals surface area contributed by atoms with Crippen LogP contribution < -0.4 is 10.5 Å². The van der Waals surface area contributed by atoms with Crippen molar-refractivity contribution in [3.63, 3.8) is 0 Å². The van der Waals surface area contributed by atoms with Gasteiger partial charge in [-0.15, -0.1) is 0 Å². The normalized spacial score (nSPS) is 17.7. The first-order valence-electron chi connectivity index (χ1n) is 6.85. The Morgan fingerprint density at radius 1 is 1.37 bits per heavy atom. The third kappa shape index (κ3) is 3.77. The highest BCUT2D eigenvalue weighted by Crippen LogP contribution is 2.25. The molecule has 0 bridgehead atoms. The number of aromatic amines is 1. The minimum Gasteiger partial charge on any atom is -0.326 e. The lowest BCUT2D eigenvalue weighted by atomic mass is 9.87. The van der Waals surface area contributed by atoms with E-state index in [1.54, 1.807) is 0 Å². The molecule has 0 aliphatic heterocycles. The molecule has 1 aromatic rings. The molecule has 0 radical (unpaired) electrons. The average molecular weight is 286 g/mol. The van der Waals surface area contributed by atoms with Gasteiger partial charge in [0.15, 0.2) is 5.03 Å². The van der Waals surface area contributed by atoms with Gasteiger partial charge in [0.1, 0.15) is 0 Å². The van der Waals surface area contributed by atoms with Crippen molar-refractivity contribution in [2.45, 2.75) is 50.1 Å². The first-order valence-corrected chi connectivity index (χ1v) is 8.34. The van der Waals surface area contributed by atoms with Crippen LogP contribution in [0.2, 0.25) is 0 Å². The predicted octanol–water partition coefficient (Wildman–Crippen LogP) is 1.12. The van der Waals surface area contributed by atoms with E-state index in [9.17, 15) is 8.42 Å². The largest absolute Gasteiger partial charge is 0.326 e. The van der Waals surface area contributed by atoms with Crippen molar-refractivity contribution in [3.8, 4) is 0 Å². The molecule has 1 aliphatic rings. The summed E-state index contributed by atoms with van der Waals surface area (Å²) in [7, 11) is -3.51. The Hall–Kier alpha value is -0.920. The predicted molar refractivity (Wildman–Crippen MR) is 72.9 cm³/mol. The molecule has 108 valence electrons. The summed E-state index contributed by atoms with van der Waals surface area (Å²) in [5.74, 6) is 0.659. The number of H-pyrrole nitrogens is 1. The number of hydrogen-bond acceptors (Lipinski definition) is 4. The Balaban J connectivity index is 1.87. The van der Waals surface area contributed by atoms with Crippen molar-refractivity contribution in [2.75, 3.05) is 6.54 Å². The standard InChI is InChI=1S/C12H22N4O2S/c13-8-11-9-14-16-12(11)19(17,18)15-7-6-10-4-2-1-3-5-10/h9-10,15H,1-8,13H2,(H,14,16). The third-order valence-corrected chi connectivity index (χ3v) is 5.21. The second-order valence-electron chi connectivity index (χ2n) is 5.12. The Morgan fingerprint density at radius 2 is 2.11 bits per heavy atom. The van der Waals surface area contributed by atoms with Crippen LogP contribution in [-0.2, 0) is 16.6 Å². The maximum atomic E-state index is 12.1. The van der Waals surface area contributed by atoms with E-state index < -0.39 is 10.0 Å². The molecule has 0 unspecified atom stereocenters. The van der Waals surface area contributed by atoms with E-state index in [0.29, 0.717) is 18.0 Å². The lowest BCUT2D eigenvalue weighted by Gasteiger charge is -2.21. The molecule has 0 atom stereocenters. The number of rotatable bonds is 6. The lowest BCUT2D eigenvalue weighted by Crippen LogP contribution is -2.28. The van der Waals surface area contributed by atoms with Gasteiger partial charge >= 0.3 is 0 Å². The van der Waals surface area contributed by atoms with Crippen LogP contribution in [0.5, 0.6) is 0 Å². The third-order valence-electron chi connectivity index (χ3n) is 3.74. The Kier molecular flexibility index (Phi) is 4.95. The molecule has 0 amide bonds. The van der Waals surface area contributed by atoms with Gasteiger partial charge in [-0.1, -0.05) is 32.1 Å². The van der Waals surface area contributed by atoms with E-state index in [-0.39, 0.29) is 11.6 Å². The minimum atomic E-state index is -3.51. The average Bonchev–Trinajstić information content (AvgIpc) is 2.89. The van der Waals surface area contributed by atoms with Gasteiger partial charge in [-0.2, -0.15) is 5.10 Å². The fourth-order valence-corrected chi connectivity index (χ4v) is 3.81. The van der Waals surface area contributed by atoms with Gasteiger partial charge in [0, 0.05) is 18.7 Å². The summed E-state index contributed by atoms with van der Waals surface area (Å²) in [6.07, 6.45) is 8.67. The molecule has 1 saturated carbocycles. The highest BCUT2D eigenvalue weighted by Gasteiger charge is 2.20. The van der Waals surface area contributed by atoms with Crippen molar-refractivity contribution in [1.82, 2.24) is 14.9 Å². The van der Waals surface area contributed by atoms with Crippen molar-refractivity contribution in [1.29, 1.82) is 0 Å². The van der Waals surface area contributed by atoms with Crippen LogP contribution in [0.4, 0.5) is 0 Å². The van der Waals surface area contributed by atoms with Crippen LogP contribution in [0.3, 0.4) is 0 Å². The topological polar surface area (TPSA) is 101 Å². The summed E-state index contributed by atoms with van der Waals surface area (Å²) in [5, 5.41) is 6.33.